The minimum Gasteiger partial charge on any atom is -0.346 e. The fourth-order valence-electron chi connectivity index (χ4n) is 0.604. The van der Waals surface area contributed by atoms with E-state index >= 15 is 0 Å². The molecule has 0 aromatic heterocycles. The number of hydrogen-bond donors (Lipinski definition) is 1. The molecule has 0 aromatic rings. The van der Waals surface area contributed by atoms with Crippen molar-refractivity contribution in [3.63, 3.8) is 0 Å². The largest absolute Gasteiger partial charge is 0.346 e. The molecular weight excluding hydrogens is 142 g/mol. The van der Waals surface area contributed by atoms with Gasteiger partial charge < -0.3 is 5.32 Å². The number of carbonyl (C=O) groups excluding carboxylic acids is 2. The molecule has 0 fully saturated rings. The first-order valence-corrected chi connectivity index (χ1v) is 3.64. The van der Waals surface area contributed by atoms with E-state index in [-0.39, 0.29) is 5.78 Å². The van der Waals surface area contributed by atoms with Crippen LogP contribution in [0.2, 0.25) is 0 Å². The van der Waals surface area contributed by atoms with Gasteiger partial charge in [0.2, 0.25) is 5.78 Å². The van der Waals surface area contributed by atoms with Crippen LogP contribution in [-0.4, -0.2) is 18.2 Å². The highest BCUT2D eigenvalue weighted by Crippen LogP contribution is 1.88. The second-order valence-electron chi connectivity index (χ2n) is 2.17. The lowest BCUT2D eigenvalue weighted by Gasteiger charge is -1.98. The van der Waals surface area contributed by atoms with E-state index in [0.29, 0.717) is 19.4 Å². The van der Waals surface area contributed by atoms with E-state index in [1.807, 2.05) is 6.92 Å². The van der Waals surface area contributed by atoms with Crippen LogP contribution < -0.4 is 5.32 Å². The number of nitrogens with one attached hydrogen (secondary N) is 1. The van der Waals surface area contributed by atoms with Crippen LogP contribution in [-0.2, 0) is 9.59 Å². The Hall–Kier alpha value is -1.12. The maximum absolute atomic E-state index is 10.8. The molecule has 0 aromatic carbocycles. The molecule has 0 spiro atoms. The molecule has 3 nitrogen and oxygen atoms in total. The minimum absolute atomic E-state index is 0.322. The Bertz CT molecular complexity index is 163. The van der Waals surface area contributed by atoms with E-state index in [0.717, 1.165) is 0 Å². The summed E-state index contributed by atoms with van der Waals surface area (Å²) in [5.41, 5.74) is 0. The third-order valence-electron chi connectivity index (χ3n) is 1.14. The van der Waals surface area contributed by atoms with Crippen LogP contribution in [0.5, 0.6) is 0 Å². The van der Waals surface area contributed by atoms with Gasteiger partial charge in [0, 0.05) is 13.0 Å². The molecular formula is C8H13NO2. The summed E-state index contributed by atoms with van der Waals surface area (Å²) in [5, 5.41) is 2.41. The van der Waals surface area contributed by atoms with Crippen LogP contribution in [0, 0.1) is 0 Å². The molecule has 0 aliphatic rings. The first-order valence-electron chi connectivity index (χ1n) is 3.64. The highest BCUT2D eigenvalue weighted by Gasteiger charge is 2.09. The van der Waals surface area contributed by atoms with Crippen molar-refractivity contribution in [2.75, 3.05) is 6.54 Å². The van der Waals surface area contributed by atoms with E-state index in [9.17, 15) is 9.59 Å². The lowest BCUT2D eigenvalue weighted by atomic mass is 10.2. The zero-order valence-corrected chi connectivity index (χ0v) is 6.72. The van der Waals surface area contributed by atoms with Crippen molar-refractivity contribution in [1.29, 1.82) is 0 Å². The summed E-state index contributed by atoms with van der Waals surface area (Å²) in [4.78, 5) is 21.6. The molecule has 0 aliphatic heterocycles. The lowest BCUT2D eigenvalue weighted by Crippen LogP contribution is -2.30. The van der Waals surface area contributed by atoms with Crippen LogP contribution >= 0.6 is 0 Å². The third kappa shape index (κ3) is 4.31. The highest BCUT2D eigenvalue weighted by molar-refractivity contribution is 6.36. The maximum Gasteiger partial charge on any atom is 0.287 e. The van der Waals surface area contributed by atoms with E-state index in [4.69, 9.17) is 0 Å². The fraction of sp³-hybridized carbons (Fsp3) is 0.500. The molecule has 0 aliphatic carbocycles. The van der Waals surface area contributed by atoms with Gasteiger partial charge in [-0.05, 0) is 6.42 Å². The maximum atomic E-state index is 10.8. The topological polar surface area (TPSA) is 46.2 Å². The van der Waals surface area contributed by atoms with E-state index < -0.39 is 5.91 Å². The SMILES string of the molecule is C=CCNC(=O)C(=O)CCC. The van der Waals surface area contributed by atoms with Crippen LogP contribution in [0.25, 0.3) is 0 Å². The number of ketones is 1. The third-order valence-corrected chi connectivity index (χ3v) is 1.14. The second-order valence-corrected chi connectivity index (χ2v) is 2.17. The Morgan fingerprint density at radius 3 is 2.64 bits per heavy atom. The molecule has 0 heterocycles. The van der Waals surface area contributed by atoms with E-state index in [1.165, 1.54) is 6.08 Å². The predicted octanol–water partition coefficient (Wildman–Crippen LogP) is 0.658. The van der Waals surface area contributed by atoms with Gasteiger partial charge in [-0.3, -0.25) is 9.59 Å². The molecule has 0 bridgehead atoms. The van der Waals surface area contributed by atoms with Gasteiger partial charge in [-0.25, -0.2) is 0 Å². The second kappa shape index (κ2) is 5.65. The summed E-state index contributed by atoms with van der Waals surface area (Å²) in [5.74, 6) is -0.860. The molecule has 62 valence electrons. The summed E-state index contributed by atoms with van der Waals surface area (Å²) in [7, 11) is 0. The van der Waals surface area contributed by atoms with Gasteiger partial charge in [0.15, 0.2) is 0 Å². The van der Waals surface area contributed by atoms with Gasteiger partial charge in [-0.1, -0.05) is 13.0 Å². The Morgan fingerprint density at radius 2 is 2.18 bits per heavy atom. The normalized spacial score (nSPS) is 8.82. The number of hydrogen-bond acceptors (Lipinski definition) is 2. The van der Waals surface area contributed by atoms with Gasteiger partial charge >= 0.3 is 0 Å². The van der Waals surface area contributed by atoms with E-state index in [1.54, 1.807) is 0 Å². The number of amides is 1. The van der Waals surface area contributed by atoms with Crippen molar-refractivity contribution in [2.24, 2.45) is 0 Å². The van der Waals surface area contributed by atoms with Crippen LogP contribution in [0.3, 0.4) is 0 Å². The Labute approximate surface area is 66.5 Å². The van der Waals surface area contributed by atoms with Gasteiger partial charge in [0.1, 0.15) is 0 Å². The molecule has 3 heteroatoms. The average molecular weight is 155 g/mol. The Balaban J connectivity index is 3.64. The molecule has 0 saturated heterocycles. The first kappa shape index (κ1) is 9.88. The van der Waals surface area contributed by atoms with Crippen molar-refractivity contribution in [1.82, 2.24) is 5.32 Å². The summed E-state index contributed by atoms with van der Waals surface area (Å²) >= 11 is 0. The van der Waals surface area contributed by atoms with Gasteiger partial charge in [-0.2, -0.15) is 0 Å². The molecule has 11 heavy (non-hydrogen) atoms. The summed E-state index contributed by atoms with van der Waals surface area (Å²) in [6, 6.07) is 0. The average Bonchev–Trinajstić information content (AvgIpc) is 2.00. The zero-order chi connectivity index (χ0) is 8.69. The van der Waals surface area contributed by atoms with Gasteiger partial charge in [0.05, 0.1) is 0 Å². The molecule has 0 unspecified atom stereocenters. The van der Waals surface area contributed by atoms with Crippen molar-refractivity contribution in [3.8, 4) is 0 Å². The first-order chi connectivity index (χ1) is 5.22. The molecule has 0 saturated carbocycles. The number of rotatable bonds is 5. The molecule has 1 N–H and O–H groups in total. The molecule has 0 atom stereocenters. The van der Waals surface area contributed by atoms with Crippen LogP contribution in [0.4, 0.5) is 0 Å². The zero-order valence-electron chi connectivity index (χ0n) is 6.72. The molecule has 0 rings (SSSR count). The summed E-state index contributed by atoms with van der Waals surface area (Å²) in [6.45, 7) is 5.63. The lowest BCUT2D eigenvalue weighted by molar-refractivity contribution is -0.137. The monoisotopic (exact) mass is 155 g/mol. The fourth-order valence-corrected chi connectivity index (χ4v) is 0.604. The number of carbonyl (C=O) groups is 2. The summed E-state index contributed by atoms with van der Waals surface area (Å²) in [6.07, 6.45) is 2.57. The summed E-state index contributed by atoms with van der Waals surface area (Å²) < 4.78 is 0. The smallest absolute Gasteiger partial charge is 0.287 e. The minimum atomic E-state index is -0.508. The van der Waals surface area contributed by atoms with Gasteiger partial charge in [0.25, 0.3) is 5.91 Å². The van der Waals surface area contributed by atoms with Crippen molar-refractivity contribution in [3.05, 3.63) is 12.7 Å². The van der Waals surface area contributed by atoms with Gasteiger partial charge in [-0.15, -0.1) is 6.58 Å². The predicted molar refractivity (Wildman–Crippen MR) is 43.1 cm³/mol. The van der Waals surface area contributed by atoms with Crippen molar-refractivity contribution < 1.29 is 9.59 Å². The van der Waals surface area contributed by atoms with Crippen LogP contribution in [0.1, 0.15) is 19.8 Å². The Kier molecular flexibility index (Phi) is 5.07. The van der Waals surface area contributed by atoms with Crippen molar-refractivity contribution >= 4 is 11.7 Å². The Morgan fingerprint density at radius 1 is 1.55 bits per heavy atom. The standard InChI is InChI=1S/C8H13NO2/c1-3-5-7(10)8(11)9-6-4-2/h4H,2-3,5-6H2,1H3,(H,9,11). The number of Topliss-reactive ketones (excluding diaryl/α,β-unsaturated/α-hetero) is 1. The van der Waals surface area contributed by atoms with Crippen LogP contribution in [0.15, 0.2) is 12.7 Å². The highest BCUT2D eigenvalue weighted by atomic mass is 16.2. The quantitative estimate of drug-likeness (QED) is 0.468. The van der Waals surface area contributed by atoms with E-state index in [2.05, 4.69) is 11.9 Å². The molecule has 0 radical (unpaired) electrons. The molecule has 1 amide bonds. The van der Waals surface area contributed by atoms with Crippen molar-refractivity contribution in [2.45, 2.75) is 19.8 Å².